The molecule has 3 atom stereocenters. The molecule has 2 aliphatic rings. The molecule has 3 aromatic rings. The summed E-state index contributed by atoms with van der Waals surface area (Å²) in [6.07, 6.45) is 5.45. The predicted octanol–water partition coefficient (Wildman–Crippen LogP) is 5.66. The Morgan fingerprint density at radius 1 is 1.19 bits per heavy atom. The zero-order chi connectivity index (χ0) is 22.6. The number of benzene rings is 1. The summed E-state index contributed by atoms with van der Waals surface area (Å²) in [7, 11) is 0. The van der Waals surface area contributed by atoms with Gasteiger partial charge in [0.05, 0.1) is 23.5 Å². The SMILES string of the molecule is [C-]#[N+]C1=C[C@@]2(C)c3nc(-c4ccnc5ccccc45)nc(C(C)C)c3CC[C@@H]2[C@@H](C)C1=O. The van der Waals surface area contributed by atoms with Crippen LogP contribution in [0, 0.1) is 18.4 Å². The molecule has 0 fully saturated rings. The highest BCUT2D eigenvalue weighted by Crippen LogP contribution is 2.50. The fraction of sp³-hybridized carbons (Fsp3) is 0.370. The summed E-state index contributed by atoms with van der Waals surface area (Å²) in [5.74, 6) is 0.834. The van der Waals surface area contributed by atoms with Crippen LogP contribution in [0.25, 0.3) is 27.1 Å². The minimum atomic E-state index is -0.467. The van der Waals surface area contributed by atoms with E-state index < -0.39 is 5.41 Å². The Bertz CT molecular complexity index is 1330. The van der Waals surface area contributed by atoms with Gasteiger partial charge in [0.1, 0.15) is 0 Å². The molecule has 2 heterocycles. The largest absolute Gasteiger partial charge is 0.308 e. The molecule has 2 aliphatic carbocycles. The first-order chi connectivity index (χ1) is 15.3. The zero-order valence-electron chi connectivity index (χ0n) is 18.9. The van der Waals surface area contributed by atoms with Crippen molar-refractivity contribution in [3.63, 3.8) is 0 Å². The molecule has 32 heavy (non-hydrogen) atoms. The summed E-state index contributed by atoms with van der Waals surface area (Å²) in [5, 5.41) is 1.02. The van der Waals surface area contributed by atoms with E-state index in [1.165, 1.54) is 5.56 Å². The molecule has 0 radical (unpaired) electrons. The topological polar surface area (TPSA) is 60.1 Å². The number of pyridine rings is 1. The highest BCUT2D eigenvalue weighted by molar-refractivity contribution is 6.00. The predicted molar refractivity (Wildman–Crippen MR) is 125 cm³/mol. The first-order valence-electron chi connectivity index (χ1n) is 11.2. The van der Waals surface area contributed by atoms with Crippen molar-refractivity contribution in [2.75, 3.05) is 0 Å². The van der Waals surface area contributed by atoms with E-state index in [9.17, 15) is 4.79 Å². The van der Waals surface area contributed by atoms with Crippen LogP contribution in [0.3, 0.4) is 0 Å². The molecule has 5 heteroatoms. The van der Waals surface area contributed by atoms with E-state index in [0.29, 0.717) is 5.82 Å². The van der Waals surface area contributed by atoms with Crippen LogP contribution in [-0.2, 0) is 16.6 Å². The number of nitrogens with zero attached hydrogens (tertiary/aromatic N) is 4. The van der Waals surface area contributed by atoms with Crippen LogP contribution in [0.1, 0.15) is 57.0 Å². The Kier molecular flexibility index (Phi) is 4.70. The summed E-state index contributed by atoms with van der Waals surface area (Å²) >= 11 is 0. The molecule has 0 bridgehead atoms. The lowest BCUT2D eigenvalue weighted by atomic mass is 9.58. The summed E-state index contributed by atoms with van der Waals surface area (Å²) in [5.41, 5.74) is 4.86. The van der Waals surface area contributed by atoms with Crippen molar-refractivity contribution in [2.45, 2.75) is 51.9 Å². The molecular weight excluding hydrogens is 396 g/mol. The zero-order valence-corrected chi connectivity index (χ0v) is 18.9. The summed E-state index contributed by atoms with van der Waals surface area (Å²) in [6, 6.07) is 10.0. The molecular formula is C27H26N4O. The van der Waals surface area contributed by atoms with Crippen LogP contribution in [0.15, 0.2) is 48.3 Å². The Morgan fingerprint density at radius 3 is 2.72 bits per heavy atom. The molecule has 0 N–H and O–H groups in total. The van der Waals surface area contributed by atoms with Gasteiger partial charge in [0.25, 0.3) is 0 Å². The highest BCUT2D eigenvalue weighted by atomic mass is 16.1. The summed E-state index contributed by atoms with van der Waals surface area (Å²) in [4.78, 5) is 31.1. The number of para-hydroxylation sites is 1. The first kappa shape index (κ1) is 20.5. The molecule has 0 saturated carbocycles. The van der Waals surface area contributed by atoms with Gasteiger partial charge in [-0.2, -0.15) is 0 Å². The normalized spacial score (nSPS) is 24.6. The van der Waals surface area contributed by atoms with Gasteiger partial charge in [-0.3, -0.25) is 4.98 Å². The van der Waals surface area contributed by atoms with E-state index in [4.69, 9.17) is 16.5 Å². The lowest BCUT2D eigenvalue weighted by molar-refractivity contribution is -0.121. The van der Waals surface area contributed by atoms with Gasteiger partial charge in [-0.1, -0.05) is 52.0 Å². The Morgan fingerprint density at radius 2 is 1.97 bits per heavy atom. The van der Waals surface area contributed by atoms with Gasteiger partial charge >= 0.3 is 0 Å². The van der Waals surface area contributed by atoms with Crippen LogP contribution < -0.4 is 0 Å². The second-order valence-corrected chi connectivity index (χ2v) is 9.51. The number of aromatic nitrogens is 3. The summed E-state index contributed by atoms with van der Waals surface area (Å²) in [6.45, 7) is 16.0. The number of ketones is 1. The third-order valence-corrected chi connectivity index (χ3v) is 7.29. The number of carbonyl (C=O) groups excluding carboxylic acids is 1. The molecule has 160 valence electrons. The molecule has 0 amide bonds. The third kappa shape index (κ3) is 2.90. The van der Waals surface area contributed by atoms with Crippen LogP contribution in [-0.4, -0.2) is 20.7 Å². The minimum Gasteiger partial charge on any atom is -0.308 e. The van der Waals surface area contributed by atoms with Crippen molar-refractivity contribution in [3.8, 4) is 11.4 Å². The van der Waals surface area contributed by atoms with E-state index in [1.54, 1.807) is 6.20 Å². The number of hydrogen-bond donors (Lipinski definition) is 0. The standard InChI is InChI=1S/C27H26N4O/c1-15(2)23-19-10-11-20-16(3)24(32)22(28-5)14-27(20,4)25(19)31-26(30-23)18-12-13-29-21-9-7-6-8-17(18)21/h6-9,12-16,20H,10-11H2,1-4H3/t16-,20-,27-/m1/s1. The molecule has 0 aliphatic heterocycles. The number of rotatable bonds is 2. The van der Waals surface area contributed by atoms with Gasteiger partial charge in [0.15, 0.2) is 11.6 Å². The minimum absolute atomic E-state index is 0.0376. The van der Waals surface area contributed by atoms with E-state index in [0.717, 1.165) is 40.7 Å². The molecule has 0 spiro atoms. The van der Waals surface area contributed by atoms with Gasteiger partial charge in [-0.05, 0) is 42.4 Å². The lowest BCUT2D eigenvalue weighted by Gasteiger charge is -2.46. The summed E-state index contributed by atoms with van der Waals surface area (Å²) < 4.78 is 0. The van der Waals surface area contributed by atoms with Gasteiger partial charge in [0, 0.05) is 28.5 Å². The van der Waals surface area contributed by atoms with Crippen molar-refractivity contribution in [1.29, 1.82) is 0 Å². The molecule has 0 saturated heterocycles. The quantitative estimate of drug-likeness (QED) is 0.500. The fourth-order valence-electron chi connectivity index (χ4n) is 5.66. The van der Waals surface area contributed by atoms with Crippen LogP contribution >= 0.6 is 0 Å². The number of Topliss-reactive ketones (excluding diaryl/α,β-unsaturated/α-hetero) is 1. The maximum atomic E-state index is 12.8. The number of fused-ring (bicyclic) bond motifs is 4. The Hall–Kier alpha value is -3.39. The molecule has 5 rings (SSSR count). The van der Waals surface area contributed by atoms with Gasteiger partial charge < -0.3 is 4.79 Å². The lowest BCUT2D eigenvalue weighted by Crippen LogP contribution is -2.46. The van der Waals surface area contributed by atoms with Crippen molar-refractivity contribution in [1.82, 2.24) is 15.0 Å². The maximum Gasteiger partial charge on any atom is 0.226 e. The second-order valence-electron chi connectivity index (χ2n) is 9.51. The van der Waals surface area contributed by atoms with Gasteiger partial charge in [0.2, 0.25) is 5.70 Å². The van der Waals surface area contributed by atoms with Crippen LogP contribution in [0.4, 0.5) is 0 Å². The van der Waals surface area contributed by atoms with Gasteiger partial charge in [-0.25, -0.2) is 14.8 Å². The average molecular weight is 423 g/mol. The number of carbonyl (C=O) groups is 1. The average Bonchev–Trinajstić information content (AvgIpc) is 2.80. The Labute approximate surface area is 188 Å². The fourth-order valence-corrected chi connectivity index (χ4v) is 5.66. The number of allylic oxidation sites excluding steroid dienone is 2. The number of hydrogen-bond acceptors (Lipinski definition) is 4. The smallest absolute Gasteiger partial charge is 0.226 e. The Balaban J connectivity index is 1.81. The highest BCUT2D eigenvalue weighted by Gasteiger charge is 2.49. The van der Waals surface area contributed by atoms with Crippen LogP contribution in [0.2, 0.25) is 0 Å². The van der Waals surface area contributed by atoms with Crippen molar-refractivity contribution < 1.29 is 4.79 Å². The third-order valence-electron chi connectivity index (χ3n) is 7.29. The van der Waals surface area contributed by atoms with E-state index in [-0.39, 0.29) is 29.2 Å². The molecule has 5 nitrogen and oxygen atoms in total. The van der Waals surface area contributed by atoms with E-state index in [2.05, 4.69) is 36.7 Å². The van der Waals surface area contributed by atoms with Crippen molar-refractivity contribution >= 4 is 16.7 Å². The van der Waals surface area contributed by atoms with Crippen LogP contribution in [0.5, 0.6) is 0 Å². The maximum absolute atomic E-state index is 12.8. The second kappa shape index (κ2) is 7.34. The van der Waals surface area contributed by atoms with E-state index >= 15 is 0 Å². The molecule has 1 aromatic carbocycles. The first-order valence-corrected chi connectivity index (χ1v) is 11.2. The molecule has 2 aromatic heterocycles. The molecule has 0 unspecified atom stereocenters. The van der Waals surface area contributed by atoms with Crippen molar-refractivity contribution in [2.24, 2.45) is 11.8 Å². The van der Waals surface area contributed by atoms with Gasteiger partial charge in [-0.15, -0.1) is 0 Å². The van der Waals surface area contributed by atoms with E-state index in [1.807, 2.05) is 37.3 Å². The van der Waals surface area contributed by atoms with Crippen molar-refractivity contribution in [3.05, 3.63) is 76.7 Å². The monoisotopic (exact) mass is 422 g/mol.